The lowest BCUT2D eigenvalue weighted by Crippen LogP contribution is -2.49. The van der Waals surface area contributed by atoms with Gasteiger partial charge in [-0.25, -0.2) is 8.78 Å². The first-order valence-electron chi connectivity index (χ1n) is 13.2. The summed E-state index contributed by atoms with van der Waals surface area (Å²) in [4.78, 5) is 28.3. The van der Waals surface area contributed by atoms with E-state index in [1.165, 1.54) is 49.6 Å². The maximum atomic E-state index is 15.9. The van der Waals surface area contributed by atoms with E-state index in [-0.39, 0.29) is 43.7 Å². The highest BCUT2D eigenvalue weighted by molar-refractivity contribution is 6.31. The molecule has 0 saturated carbocycles. The summed E-state index contributed by atoms with van der Waals surface area (Å²) >= 11 is 12.3. The predicted molar refractivity (Wildman–Crippen MR) is 157 cm³/mol. The average Bonchev–Trinajstić information content (AvgIpc) is 3.40. The maximum absolute atomic E-state index is 15.9. The summed E-state index contributed by atoms with van der Waals surface area (Å²) in [5.74, 6) is -3.56. The quantitative estimate of drug-likeness (QED) is 0.303. The van der Waals surface area contributed by atoms with E-state index in [1.807, 2.05) is 26.8 Å². The number of ether oxygens (including phenoxy) is 1. The zero-order valence-electron chi connectivity index (χ0n) is 23.2. The van der Waals surface area contributed by atoms with Crippen LogP contribution in [0.1, 0.15) is 49.8 Å². The number of methoxy groups -OCH3 is 1. The van der Waals surface area contributed by atoms with Crippen LogP contribution in [0, 0.1) is 28.4 Å². The molecule has 2 aliphatic rings. The smallest absolute Gasteiger partial charge is 0.242 e. The van der Waals surface area contributed by atoms with E-state index < -0.39 is 46.9 Å². The predicted octanol–water partition coefficient (Wildman–Crippen LogP) is 6.54. The third-order valence-corrected chi connectivity index (χ3v) is 8.47. The van der Waals surface area contributed by atoms with Gasteiger partial charge in [-0.2, -0.15) is 5.26 Å². The molecule has 2 heterocycles. The lowest BCUT2D eigenvalue weighted by atomic mass is 9.62. The zero-order valence-corrected chi connectivity index (χ0v) is 24.8. The molecule has 1 saturated heterocycles. The number of carbonyl (C=O) groups is 2. The SMILES string of the molecule is COc1cc(C#N)ccc1NC(=O)[C@@H]1N[C@@H](CC(C)(C)C)C2(C(=O)Nc3cc(Cl)c(F)cc32)[C@@H]1c1cccc(Cl)c1F. The van der Waals surface area contributed by atoms with Crippen molar-refractivity contribution in [2.45, 2.75) is 50.6 Å². The number of hydrogen-bond acceptors (Lipinski definition) is 5. The van der Waals surface area contributed by atoms with Crippen molar-refractivity contribution in [3.63, 3.8) is 0 Å². The number of amides is 2. The van der Waals surface area contributed by atoms with Gasteiger partial charge in [-0.15, -0.1) is 0 Å². The minimum absolute atomic E-state index is 0.0247. The van der Waals surface area contributed by atoms with Gasteiger partial charge in [0, 0.05) is 23.7 Å². The van der Waals surface area contributed by atoms with Gasteiger partial charge in [0.2, 0.25) is 11.8 Å². The van der Waals surface area contributed by atoms with Gasteiger partial charge in [0.25, 0.3) is 0 Å². The largest absolute Gasteiger partial charge is 0.495 e. The van der Waals surface area contributed by atoms with Crippen LogP contribution < -0.4 is 20.7 Å². The number of nitriles is 1. The molecule has 2 amide bonds. The third-order valence-electron chi connectivity index (χ3n) is 7.89. The highest BCUT2D eigenvalue weighted by atomic mass is 35.5. The molecule has 3 N–H and O–H groups in total. The molecule has 0 radical (unpaired) electrons. The van der Waals surface area contributed by atoms with Crippen molar-refractivity contribution >= 4 is 46.4 Å². The average molecular weight is 613 g/mol. The molecule has 42 heavy (non-hydrogen) atoms. The Kier molecular flexibility index (Phi) is 7.69. The first kappa shape index (κ1) is 29.8. The van der Waals surface area contributed by atoms with Gasteiger partial charge in [-0.1, -0.05) is 56.1 Å². The minimum atomic E-state index is -1.61. The molecule has 218 valence electrons. The molecule has 1 spiro atoms. The summed E-state index contributed by atoms with van der Waals surface area (Å²) < 4.78 is 36.3. The molecule has 3 aromatic rings. The van der Waals surface area contributed by atoms with Crippen molar-refractivity contribution in [3.8, 4) is 11.8 Å². The summed E-state index contributed by atoms with van der Waals surface area (Å²) in [5, 5.41) is 17.9. The van der Waals surface area contributed by atoms with Crippen LogP contribution in [0.3, 0.4) is 0 Å². The second-order valence-corrected chi connectivity index (χ2v) is 12.5. The van der Waals surface area contributed by atoms with E-state index >= 15 is 8.78 Å². The van der Waals surface area contributed by atoms with Crippen LogP contribution in [-0.2, 0) is 15.0 Å². The van der Waals surface area contributed by atoms with E-state index in [0.29, 0.717) is 12.0 Å². The van der Waals surface area contributed by atoms with E-state index in [2.05, 4.69) is 16.0 Å². The lowest BCUT2D eigenvalue weighted by Gasteiger charge is -2.37. The fraction of sp³-hybridized carbons (Fsp3) is 0.323. The van der Waals surface area contributed by atoms with E-state index in [1.54, 1.807) is 6.07 Å². The van der Waals surface area contributed by atoms with Crippen LogP contribution in [0.5, 0.6) is 5.75 Å². The fourth-order valence-corrected chi connectivity index (χ4v) is 6.58. The van der Waals surface area contributed by atoms with Gasteiger partial charge in [0.1, 0.15) is 22.8 Å². The number of nitrogens with one attached hydrogen (secondary N) is 3. The molecule has 1 fully saturated rings. The maximum Gasteiger partial charge on any atom is 0.242 e. The number of anilines is 2. The summed E-state index contributed by atoms with van der Waals surface area (Å²) in [6, 6.07) is 11.5. The molecule has 3 aromatic carbocycles. The van der Waals surface area contributed by atoms with Gasteiger partial charge >= 0.3 is 0 Å². The molecular formula is C31H28Cl2F2N4O3. The Labute approximate surface area is 252 Å². The number of rotatable bonds is 5. The first-order valence-corrected chi connectivity index (χ1v) is 14.0. The molecule has 0 bridgehead atoms. The molecular weight excluding hydrogens is 585 g/mol. The second kappa shape index (κ2) is 10.8. The van der Waals surface area contributed by atoms with Crippen LogP contribution in [0.2, 0.25) is 10.0 Å². The van der Waals surface area contributed by atoms with Gasteiger partial charge in [-0.3, -0.25) is 9.59 Å². The van der Waals surface area contributed by atoms with Crippen molar-refractivity contribution in [2.24, 2.45) is 5.41 Å². The van der Waals surface area contributed by atoms with Crippen LogP contribution in [0.4, 0.5) is 20.2 Å². The van der Waals surface area contributed by atoms with Gasteiger partial charge in [0.15, 0.2) is 0 Å². The van der Waals surface area contributed by atoms with Crippen LogP contribution in [0.25, 0.3) is 0 Å². The molecule has 0 aliphatic carbocycles. The zero-order chi connectivity index (χ0) is 30.6. The second-order valence-electron chi connectivity index (χ2n) is 11.7. The number of halogens is 4. The molecule has 2 aliphatic heterocycles. The number of hydrogen-bond donors (Lipinski definition) is 3. The van der Waals surface area contributed by atoms with E-state index in [0.717, 1.165) is 0 Å². The topological polar surface area (TPSA) is 103 Å². The standard InChI is InChI=1S/C31H28Cl2F2N4O3/c1-30(2,3)13-24-31(17-11-20(34)19(33)12-22(17)38-29(31)41)25(16-6-5-7-18(32)26(16)35)27(39-24)28(40)37-21-9-8-15(14-36)10-23(21)42-4/h5-12,24-25,27,39H,13H2,1-4H3,(H,37,40)(H,38,41)/t24-,25+,27+,31?/m0/s1. The van der Waals surface area contributed by atoms with Crippen molar-refractivity contribution in [1.29, 1.82) is 5.26 Å². The van der Waals surface area contributed by atoms with E-state index in [9.17, 15) is 14.9 Å². The lowest BCUT2D eigenvalue weighted by molar-refractivity contribution is -0.122. The van der Waals surface area contributed by atoms with Crippen molar-refractivity contribution in [1.82, 2.24) is 5.32 Å². The number of nitrogens with zero attached hydrogens (tertiary/aromatic N) is 1. The molecule has 1 unspecified atom stereocenters. The summed E-state index contributed by atoms with van der Waals surface area (Å²) in [5.41, 5.74) is -0.797. The minimum Gasteiger partial charge on any atom is -0.495 e. The normalized spacial score (nSPS) is 22.9. The highest BCUT2D eigenvalue weighted by Crippen LogP contribution is 2.57. The number of carbonyl (C=O) groups excluding carboxylic acids is 2. The number of fused-ring (bicyclic) bond motifs is 2. The van der Waals surface area contributed by atoms with Gasteiger partial charge < -0.3 is 20.7 Å². The monoisotopic (exact) mass is 612 g/mol. The van der Waals surface area contributed by atoms with Crippen molar-refractivity contribution < 1.29 is 23.1 Å². The van der Waals surface area contributed by atoms with Gasteiger partial charge in [-0.05, 0) is 53.3 Å². The molecule has 5 rings (SSSR count). The fourth-order valence-electron chi connectivity index (χ4n) is 6.24. The summed E-state index contributed by atoms with van der Waals surface area (Å²) in [7, 11) is 1.40. The Hall–Kier alpha value is -3.71. The Bertz CT molecular complexity index is 1650. The molecule has 7 nitrogen and oxygen atoms in total. The summed E-state index contributed by atoms with van der Waals surface area (Å²) in [6.07, 6.45) is 0.368. The Balaban J connectivity index is 1.74. The molecule has 4 atom stereocenters. The van der Waals surface area contributed by atoms with Crippen molar-refractivity contribution in [3.05, 3.63) is 86.9 Å². The number of benzene rings is 3. The molecule has 11 heteroatoms. The Morgan fingerprint density at radius 2 is 1.88 bits per heavy atom. The third kappa shape index (κ3) is 4.87. The molecule has 0 aromatic heterocycles. The highest BCUT2D eigenvalue weighted by Gasteiger charge is 2.66. The van der Waals surface area contributed by atoms with Crippen LogP contribution in [0.15, 0.2) is 48.5 Å². The van der Waals surface area contributed by atoms with Gasteiger partial charge in [0.05, 0.1) is 40.5 Å². The van der Waals surface area contributed by atoms with Crippen LogP contribution in [-0.4, -0.2) is 31.0 Å². The first-order chi connectivity index (χ1) is 19.8. The van der Waals surface area contributed by atoms with Crippen molar-refractivity contribution in [2.75, 3.05) is 17.7 Å². The summed E-state index contributed by atoms with van der Waals surface area (Å²) in [6.45, 7) is 5.92. The Morgan fingerprint density at radius 1 is 1.14 bits per heavy atom. The van der Waals surface area contributed by atoms with Crippen LogP contribution >= 0.6 is 23.2 Å². The van der Waals surface area contributed by atoms with E-state index in [4.69, 9.17) is 27.9 Å². The Morgan fingerprint density at radius 3 is 2.55 bits per heavy atom.